The van der Waals surface area contributed by atoms with Crippen LogP contribution in [0.3, 0.4) is 0 Å². The molecule has 0 bridgehead atoms. The number of hydrogen-bond acceptors (Lipinski definition) is 6. The zero-order valence-corrected chi connectivity index (χ0v) is 14.9. The highest BCUT2D eigenvalue weighted by Crippen LogP contribution is 2.23. The van der Waals surface area contributed by atoms with Crippen LogP contribution in [-0.4, -0.2) is 49.8 Å². The lowest BCUT2D eigenvalue weighted by molar-refractivity contribution is 0.415. The Morgan fingerprint density at radius 2 is 1.80 bits per heavy atom. The molecule has 1 aromatic carbocycles. The molecule has 0 aliphatic carbocycles. The monoisotopic (exact) mass is 339 g/mol. The summed E-state index contributed by atoms with van der Waals surface area (Å²) in [6, 6.07) is 10.3. The van der Waals surface area contributed by atoms with Gasteiger partial charge in [-0.1, -0.05) is 6.08 Å². The molecule has 132 valence electrons. The number of nitrogens with one attached hydrogen (secondary N) is 1. The van der Waals surface area contributed by atoms with Crippen LogP contribution in [0.25, 0.3) is 0 Å². The van der Waals surface area contributed by atoms with Gasteiger partial charge < -0.3 is 19.9 Å². The molecule has 2 aromatic rings. The van der Waals surface area contributed by atoms with Crippen molar-refractivity contribution in [3.8, 4) is 5.75 Å². The number of aryl methyl sites for hydroxylation is 1. The summed E-state index contributed by atoms with van der Waals surface area (Å²) in [6.45, 7) is 10.1. The lowest BCUT2D eigenvalue weighted by Gasteiger charge is -2.37. The van der Waals surface area contributed by atoms with Gasteiger partial charge in [-0.15, -0.1) is 6.58 Å². The zero-order chi connectivity index (χ0) is 17.6. The molecule has 0 amide bonds. The summed E-state index contributed by atoms with van der Waals surface area (Å²) in [5, 5.41) is 3.24. The van der Waals surface area contributed by atoms with Crippen LogP contribution in [0.1, 0.15) is 5.82 Å². The Kier molecular flexibility index (Phi) is 5.38. The highest BCUT2D eigenvalue weighted by atomic mass is 16.5. The first-order valence-corrected chi connectivity index (χ1v) is 8.54. The number of hydrogen-bond donors (Lipinski definition) is 1. The first-order valence-electron chi connectivity index (χ1n) is 8.54. The molecule has 1 saturated heterocycles. The fraction of sp³-hybridized carbons (Fsp3) is 0.368. The van der Waals surface area contributed by atoms with E-state index in [9.17, 15) is 0 Å². The summed E-state index contributed by atoms with van der Waals surface area (Å²) >= 11 is 0. The molecule has 0 saturated carbocycles. The van der Waals surface area contributed by atoms with Gasteiger partial charge in [0.15, 0.2) is 0 Å². The molecular weight excluding hydrogens is 314 g/mol. The average molecular weight is 339 g/mol. The van der Waals surface area contributed by atoms with Crippen LogP contribution in [0.15, 0.2) is 43.0 Å². The number of nitrogens with zero attached hydrogens (tertiary/aromatic N) is 4. The summed E-state index contributed by atoms with van der Waals surface area (Å²) in [7, 11) is 1.69. The van der Waals surface area contributed by atoms with Crippen molar-refractivity contribution in [3.05, 3.63) is 48.8 Å². The van der Waals surface area contributed by atoms with E-state index in [0.29, 0.717) is 6.54 Å². The van der Waals surface area contributed by atoms with Gasteiger partial charge in [-0.25, -0.2) is 9.97 Å². The van der Waals surface area contributed by atoms with E-state index in [0.717, 1.165) is 49.4 Å². The number of piperazine rings is 1. The number of aromatic nitrogens is 2. The van der Waals surface area contributed by atoms with Gasteiger partial charge in [-0.05, 0) is 31.2 Å². The number of rotatable bonds is 6. The minimum absolute atomic E-state index is 0.696. The molecular formula is C19H25N5O. The Morgan fingerprint density at radius 1 is 1.12 bits per heavy atom. The first kappa shape index (κ1) is 17.1. The number of anilines is 3. The number of methoxy groups -OCH3 is 1. The zero-order valence-electron chi connectivity index (χ0n) is 14.9. The van der Waals surface area contributed by atoms with Crippen LogP contribution in [0.4, 0.5) is 17.3 Å². The second-order valence-corrected chi connectivity index (χ2v) is 6.00. The summed E-state index contributed by atoms with van der Waals surface area (Å²) in [4.78, 5) is 13.7. The molecule has 1 N–H and O–H groups in total. The lowest BCUT2D eigenvalue weighted by atomic mass is 10.2. The summed E-state index contributed by atoms with van der Waals surface area (Å²) in [5.74, 6) is 3.49. The third kappa shape index (κ3) is 4.21. The molecule has 1 fully saturated rings. The Morgan fingerprint density at radius 3 is 2.44 bits per heavy atom. The van der Waals surface area contributed by atoms with Gasteiger partial charge in [-0.2, -0.15) is 0 Å². The van der Waals surface area contributed by atoms with E-state index in [-0.39, 0.29) is 0 Å². The number of ether oxygens (including phenoxy) is 1. The average Bonchev–Trinajstić information content (AvgIpc) is 2.66. The summed E-state index contributed by atoms with van der Waals surface area (Å²) < 4.78 is 5.23. The highest BCUT2D eigenvalue weighted by molar-refractivity contribution is 5.53. The maximum absolute atomic E-state index is 5.23. The van der Waals surface area contributed by atoms with Crippen LogP contribution in [0.2, 0.25) is 0 Å². The van der Waals surface area contributed by atoms with E-state index in [1.54, 1.807) is 7.11 Å². The molecule has 2 heterocycles. The molecule has 25 heavy (non-hydrogen) atoms. The molecule has 6 heteroatoms. The largest absolute Gasteiger partial charge is 0.497 e. The smallest absolute Gasteiger partial charge is 0.134 e. The summed E-state index contributed by atoms with van der Waals surface area (Å²) in [6.07, 6.45) is 1.82. The van der Waals surface area contributed by atoms with E-state index in [2.05, 4.69) is 43.8 Å². The maximum atomic E-state index is 5.23. The highest BCUT2D eigenvalue weighted by Gasteiger charge is 2.19. The topological polar surface area (TPSA) is 53.5 Å². The second-order valence-electron chi connectivity index (χ2n) is 6.00. The van der Waals surface area contributed by atoms with Gasteiger partial charge in [-0.3, -0.25) is 0 Å². The predicted octanol–water partition coefficient (Wildman–Crippen LogP) is 2.72. The second kappa shape index (κ2) is 7.88. The Balaban J connectivity index is 1.65. The standard InChI is InChI=1S/C19H25N5O/c1-4-9-20-18-14-19(22-15(2)21-18)24-12-10-23(11-13-24)16-5-7-17(25-3)8-6-16/h4-8,14H,1,9-13H2,2-3H3,(H,20,21,22). The molecule has 0 atom stereocenters. The normalized spacial score (nSPS) is 14.3. The quantitative estimate of drug-likeness (QED) is 0.817. The minimum Gasteiger partial charge on any atom is -0.497 e. The van der Waals surface area contributed by atoms with Crippen LogP contribution in [0, 0.1) is 6.92 Å². The maximum Gasteiger partial charge on any atom is 0.134 e. The molecule has 6 nitrogen and oxygen atoms in total. The molecule has 0 radical (unpaired) electrons. The van der Waals surface area contributed by atoms with E-state index in [1.807, 2.05) is 31.2 Å². The van der Waals surface area contributed by atoms with Crippen molar-refractivity contribution in [1.29, 1.82) is 0 Å². The van der Waals surface area contributed by atoms with Gasteiger partial charge in [0.1, 0.15) is 23.2 Å². The molecule has 1 aromatic heterocycles. The van der Waals surface area contributed by atoms with Crippen molar-refractivity contribution in [3.63, 3.8) is 0 Å². The van der Waals surface area contributed by atoms with Crippen LogP contribution < -0.4 is 19.9 Å². The van der Waals surface area contributed by atoms with Gasteiger partial charge >= 0.3 is 0 Å². The van der Waals surface area contributed by atoms with Crippen LogP contribution in [-0.2, 0) is 0 Å². The molecule has 0 unspecified atom stereocenters. The van der Waals surface area contributed by atoms with Crippen molar-refractivity contribution in [1.82, 2.24) is 9.97 Å². The van der Waals surface area contributed by atoms with Crippen LogP contribution >= 0.6 is 0 Å². The van der Waals surface area contributed by atoms with Crippen LogP contribution in [0.5, 0.6) is 5.75 Å². The number of benzene rings is 1. The van der Waals surface area contributed by atoms with E-state index >= 15 is 0 Å². The third-order valence-corrected chi connectivity index (χ3v) is 4.29. The lowest BCUT2D eigenvalue weighted by Crippen LogP contribution is -2.46. The Bertz CT molecular complexity index is 708. The van der Waals surface area contributed by atoms with Gasteiger partial charge in [0.05, 0.1) is 7.11 Å². The van der Waals surface area contributed by atoms with Gasteiger partial charge in [0.25, 0.3) is 0 Å². The fourth-order valence-electron chi connectivity index (χ4n) is 2.97. The van der Waals surface area contributed by atoms with Crippen molar-refractivity contribution >= 4 is 17.3 Å². The van der Waals surface area contributed by atoms with Gasteiger partial charge in [0.2, 0.25) is 0 Å². The third-order valence-electron chi connectivity index (χ3n) is 4.29. The predicted molar refractivity (Wildman–Crippen MR) is 103 cm³/mol. The van der Waals surface area contributed by atoms with Crippen molar-refractivity contribution in [2.45, 2.75) is 6.92 Å². The van der Waals surface area contributed by atoms with E-state index in [4.69, 9.17) is 4.74 Å². The SMILES string of the molecule is C=CCNc1cc(N2CCN(c3ccc(OC)cc3)CC2)nc(C)n1. The molecule has 0 spiro atoms. The Hall–Kier alpha value is -2.76. The van der Waals surface area contributed by atoms with E-state index in [1.165, 1.54) is 5.69 Å². The summed E-state index contributed by atoms with van der Waals surface area (Å²) in [5.41, 5.74) is 1.23. The molecule has 3 rings (SSSR count). The molecule has 1 aliphatic heterocycles. The fourth-order valence-corrected chi connectivity index (χ4v) is 2.97. The van der Waals surface area contributed by atoms with Crippen molar-refractivity contribution in [2.75, 3.05) is 55.0 Å². The Labute approximate surface area is 149 Å². The minimum atomic E-state index is 0.696. The molecule has 1 aliphatic rings. The van der Waals surface area contributed by atoms with E-state index < -0.39 is 0 Å². The van der Waals surface area contributed by atoms with Gasteiger partial charge in [0, 0.05) is 44.5 Å². The first-order chi connectivity index (χ1) is 12.2. The van der Waals surface area contributed by atoms with Crippen molar-refractivity contribution in [2.24, 2.45) is 0 Å². The van der Waals surface area contributed by atoms with Crippen molar-refractivity contribution < 1.29 is 4.74 Å².